The molecule has 1 amide bonds. The molecule has 1 unspecified atom stereocenters. The summed E-state index contributed by atoms with van der Waals surface area (Å²) in [6.07, 6.45) is -0.550. The van der Waals surface area contributed by atoms with E-state index in [1.54, 1.807) is 25.7 Å². The van der Waals surface area contributed by atoms with Crippen molar-refractivity contribution in [1.29, 1.82) is 0 Å². The van der Waals surface area contributed by atoms with Gasteiger partial charge < -0.3 is 14.4 Å². The second-order valence-electron chi connectivity index (χ2n) is 6.68. The lowest BCUT2D eigenvalue weighted by Crippen LogP contribution is -2.59. The number of rotatable bonds is 2. The Morgan fingerprint density at radius 3 is 2.55 bits per heavy atom. The zero-order valence-electron chi connectivity index (χ0n) is 11.9. The molecular formula is C12H20FNO5S. The molecule has 20 heavy (non-hydrogen) atoms. The Morgan fingerprint density at radius 2 is 2.05 bits per heavy atom. The van der Waals surface area contributed by atoms with E-state index in [4.69, 9.17) is 9.47 Å². The van der Waals surface area contributed by atoms with Crippen LogP contribution in [0.5, 0.6) is 0 Å². The monoisotopic (exact) mass is 309 g/mol. The molecule has 0 aromatic rings. The summed E-state index contributed by atoms with van der Waals surface area (Å²) in [5, 5.41) is 0. The second kappa shape index (κ2) is 4.84. The van der Waals surface area contributed by atoms with Crippen molar-refractivity contribution in [2.75, 3.05) is 25.4 Å². The Morgan fingerprint density at radius 1 is 1.45 bits per heavy atom. The van der Waals surface area contributed by atoms with Gasteiger partial charge in [0.25, 0.3) is 0 Å². The summed E-state index contributed by atoms with van der Waals surface area (Å²) in [4.78, 5) is 13.4. The van der Waals surface area contributed by atoms with Crippen LogP contribution < -0.4 is 0 Å². The Kier molecular flexibility index (Phi) is 3.75. The van der Waals surface area contributed by atoms with Gasteiger partial charge in [-0.2, -0.15) is 8.42 Å². The van der Waals surface area contributed by atoms with Gasteiger partial charge in [0, 0.05) is 18.5 Å². The summed E-state index contributed by atoms with van der Waals surface area (Å²) in [6, 6.07) is 0. The molecule has 2 aliphatic rings. The minimum atomic E-state index is -4.53. The van der Waals surface area contributed by atoms with Crippen LogP contribution in [0.15, 0.2) is 0 Å². The van der Waals surface area contributed by atoms with Gasteiger partial charge in [0.05, 0.1) is 12.7 Å². The van der Waals surface area contributed by atoms with Gasteiger partial charge in [0.15, 0.2) is 0 Å². The van der Waals surface area contributed by atoms with Crippen LogP contribution in [0.2, 0.25) is 0 Å². The van der Waals surface area contributed by atoms with Crippen molar-refractivity contribution >= 4 is 16.3 Å². The quantitative estimate of drug-likeness (QED) is 0.719. The van der Waals surface area contributed by atoms with Crippen molar-refractivity contribution in [3.05, 3.63) is 0 Å². The van der Waals surface area contributed by atoms with Crippen LogP contribution in [0.1, 0.15) is 27.2 Å². The average molecular weight is 309 g/mol. The standard InChI is InChI=1S/C12H20FNO5S/c1-11(2,3)19-10(15)14-6-12(7-14)4-9(18-8-12)5-20(13,16)17/h9H,4-8H2,1-3H3. The molecule has 2 fully saturated rings. The Labute approximate surface area is 118 Å². The van der Waals surface area contributed by atoms with Gasteiger partial charge in [0.2, 0.25) is 0 Å². The summed E-state index contributed by atoms with van der Waals surface area (Å²) in [6.45, 7) is 6.66. The van der Waals surface area contributed by atoms with Gasteiger partial charge in [-0.25, -0.2) is 4.79 Å². The number of carbonyl (C=O) groups excluding carboxylic acids is 1. The van der Waals surface area contributed by atoms with Crippen molar-refractivity contribution in [3.63, 3.8) is 0 Å². The number of carbonyl (C=O) groups is 1. The normalized spacial score (nSPS) is 25.6. The number of ether oxygens (including phenoxy) is 2. The molecule has 0 aliphatic carbocycles. The maximum atomic E-state index is 12.6. The van der Waals surface area contributed by atoms with Gasteiger partial charge in [0.1, 0.15) is 11.4 Å². The summed E-state index contributed by atoms with van der Waals surface area (Å²) < 4.78 is 44.4. The van der Waals surface area contributed by atoms with Gasteiger partial charge in [-0.1, -0.05) is 0 Å². The predicted octanol–water partition coefficient (Wildman–Crippen LogP) is 1.31. The zero-order valence-corrected chi connectivity index (χ0v) is 12.7. The number of hydrogen-bond donors (Lipinski definition) is 0. The number of halogens is 1. The molecule has 1 atom stereocenters. The van der Waals surface area contributed by atoms with E-state index < -0.39 is 27.7 Å². The Bertz CT molecular complexity index is 492. The molecule has 2 saturated heterocycles. The molecule has 0 bridgehead atoms. The number of nitrogens with zero attached hydrogens (tertiary/aromatic N) is 1. The largest absolute Gasteiger partial charge is 0.444 e. The molecule has 2 rings (SSSR count). The van der Waals surface area contributed by atoms with E-state index in [0.29, 0.717) is 26.1 Å². The third kappa shape index (κ3) is 3.82. The molecule has 0 aromatic carbocycles. The first-order valence-corrected chi connectivity index (χ1v) is 8.05. The molecule has 2 aliphatic heterocycles. The van der Waals surface area contributed by atoms with Crippen molar-refractivity contribution < 1.29 is 26.6 Å². The third-order valence-corrected chi connectivity index (χ3v) is 4.15. The molecule has 1 spiro atoms. The maximum Gasteiger partial charge on any atom is 0.410 e. The van der Waals surface area contributed by atoms with E-state index in [9.17, 15) is 17.1 Å². The van der Waals surface area contributed by atoms with E-state index >= 15 is 0 Å². The van der Waals surface area contributed by atoms with Crippen molar-refractivity contribution in [3.8, 4) is 0 Å². The predicted molar refractivity (Wildman–Crippen MR) is 69.5 cm³/mol. The Hall–Kier alpha value is -0.890. The molecule has 6 nitrogen and oxygen atoms in total. The Balaban J connectivity index is 1.83. The molecule has 8 heteroatoms. The second-order valence-corrected chi connectivity index (χ2v) is 8.09. The molecule has 0 N–H and O–H groups in total. The summed E-state index contributed by atoms with van der Waals surface area (Å²) in [5.41, 5.74) is -0.789. The highest BCUT2D eigenvalue weighted by atomic mass is 32.3. The number of hydrogen-bond acceptors (Lipinski definition) is 5. The zero-order chi connectivity index (χ0) is 15.2. The fourth-order valence-electron chi connectivity index (χ4n) is 2.66. The van der Waals surface area contributed by atoms with Crippen LogP contribution >= 0.6 is 0 Å². The van der Waals surface area contributed by atoms with E-state index in [2.05, 4.69) is 0 Å². The smallest absolute Gasteiger partial charge is 0.410 e. The third-order valence-electron chi connectivity index (χ3n) is 3.38. The molecule has 0 aromatic heterocycles. The van der Waals surface area contributed by atoms with Crippen LogP contribution in [0, 0.1) is 5.41 Å². The molecular weight excluding hydrogens is 289 g/mol. The first-order valence-electron chi connectivity index (χ1n) is 6.50. The van der Waals surface area contributed by atoms with Gasteiger partial charge in [-0.05, 0) is 27.2 Å². The van der Waals surface area contributed by atoms with Crippen LogP contribution in [0.3, 0.4) is 0 Å². The maximum absolute atomic E-state index is 12.6. The average Bonchev–Trinajstić information content (AvgIpc) is 2.53. The lowest BCUT2D eigenvalue weighted by molar-refractivity contribution is -0.0368. The minimum Gasteiger partial charge on any atom is -0.444 e. The molecule has 116 valence electrons. The minimum absolute atomic E-state index is 0.244. The fraction of sp³-hybridized carbons (Fsp3) is 0.917. The molecule has 0 saturated carbocycles. The topological polar surface area (TPSA) is 72.9 Å². The van der Waals surface area contributed by atoms with Crippen LogP contribution in [0.25, 0.3) is 0 Å². The number of amides is 1. The summed E-state index contributed by atoms with van der Waals surface area (Å²) >= 11 is 0. The summed E-state index contributed by atoms with van der Waals surface area (Å²) in [5.74, 6) is -0.610. The lowest BCUT2D eigenvalue weighted by Gasteiger charge is -2.47. The van der Waals surface area contributed by atoms with Gasteiger partial charge in [-0.15, -0.1) is 3.89 Å². The SMILES string of the molecule is CC(C)(C)OC(=O)N1CC2(COC(CS(=O)(=O)F)C2)C1. The highest BCUT2D eigenvalue weighted by Crippen LogP contribution is 2.42. The summed E-state index contributed by atoms with van der Waals surface area (Å²) in [7, 11) is -4.53. The van der Waals surface area contributed by atoms with Crippen molar-refractivity contribution in [2.24, 2.45) is 5.41 Å². The van der Waals surface area contributed by atoms with E-state index in [-0.39, 0.29) is 11.5 Å². The van der Waals surface area contributed by atoms with Gasteiger partial charge >= 0.3 is 16.3 Å². The first-order chi connectivity index (χ1) is 8.98. The van der Waals surface area contributed by atoms with Crippen LogP contribution in [-0.2, 0) is 19.7 Å². The van der Waals surface area contributed by atoms with E-state index in [1.165, 1.54) is 0 Å². The highest BCUT2D eigenvalue weighted by Gasteiger charge is 2.52. The van der Waals surface area contributed by atoms with E-state index in [0.717, 1.165) is 0 Å². The molecule has 0 radical (unpaired) electrons. The van der Waals surface area contributed by atoms with Crippen molar-refractivity contribution in [1.82, 2.24) is 4.90 Å². The van der Waals surface area contributed by atoms with Gasteiger partial charge in [-0.3, -0.25) is 0 Å². The fourth-order valence-corrected chi connectivity index (χ4v) is 3.32. The first kappa shape index (κ1) is 15.5. The van der Waals surface area contributed by atoms with Crippen LogP contribution in [-0.4, -0.2) is 56.6 Å². The lowest BCUT2D eigenvalue weighted by atomic mass is 9.78. The van der Waals surface area contributed by atoms with E-state index in [1.807, 2.05) is 0 Å². The highest BCUT2D eigenvalue weighted by molar-refractivity contribution is 7.86. The van der Waals surface area contributed by atoms with Crippen LogP contribution in [0.4, 0.5) is 8.68 Å². The van der Waals surface area contributed by atoms with Crippen molar-refractivity contribution in [2.45, 2.75) is 38.9 Å². The molecule has 2 heterocycles. The number of likely N-dealkylation sites (tertiary alicyclic amines) is 1.